The molecule has 0 aliphatic carbocycles. The molecule has 1 fully saturated rings. The van der Waals surface area contributed by atoms with Crippen molar-refractivity contribution >= 4 is 33.8 Å². The fourth-order valence-electron chi connectivity index (χ4n) is 2.96. The Morgan fingerprint density at radius 2 is 1.56 bits per heavy atom. The predicted octanol–water partition coefficient (Wildman–Crippen LogP) is 3.27. The standard InChI is InChI=1S/C20H26BNO4S/c1-19(2)20(3,4)26-21(25-19)17-13-15(14-27(5,23)24)11-12-18(17)22-16-9-7-6-8-10-16/h6-13,22H,14H2,1-5H3. The molecule has 0 radical (unpaired) electrons. The summed E-state index contributed by atoms with van der Waals surface area (Å²) in [6, 6.07) is 15.4. The normalized spacial score (nSPS) is 18.5. The monoisotopic (exact) mass is 387 g/mol. The largest absolute Gasteiger partial charge is 0.496 e. The lowest BCUT2D eigenvalue weighted by molar-refractivity contribution is 0.00578. The molecule has 0 saturated carbocycles. The van der Waals surface area contributed by atoms with Gasteiger partial charge in [0.15, 0.2) is 9.84 Å². The van der Waals surface area contributed by atoms with E-state index in [1.165, 1.54) is 6.26 Å². The van der Waals surface area contributed by atoms with Gasteiger partial charge in [-0.15, -0.1) is 0 Å². The zero-order chi connectivity index (χ0) is 19.9. The Bertz CT molecular complexity index is 910. The minimum Gasteiger partial charge on any atom is -0.399 e. The van der Waals surface area contributed by atoms with Crippen molar-refractivity contribution in [1.29, 1.82) is 0 Å². The molecule has 144 valence electrons. The fraction of sp³-hybridized carbons (Fsp3) is 0.400. The maximum absolute atomic E-state index is 11.7. The second-order valence-electron chi connectivity index (χ2n) is 8.07. The molecule has 5 nitrogen and oxygen atoms in total. The Hall–Kier alpha value is -1.83. The average molecular weight is 387 g/mol. The van der Waals surface area contributed by atoms with E-state index in [1.54, 1.807) is 0 Å². The molecule has 1 aliphatic heterocycles. The van der Waals surface area contributed by atoms with Crippen molar-refractivity contribution in [2.45, 2.75) is 44.6 Å². The summed E-state index contributed by atoms with van der Waals surface area (Å²) in [7, 11) is -3.72. The lowest BCUT2D eigenvalue weighted by Gasteiger charge is -2.32. The van der Waals surface area contributed by atoms with Crippen LogP contribution in [0.15, 0.2) is 48.5 Å². The number of hydrogen-bond acceptors (Lipinski definition) is 5. The van der Waals surface area contributed by atoms with E-state index in [1.807, 2.05) is 76.2 Å². The van der Waals surface area contributed by atoms with Crippen LogP contribution in [0.5, 0.6) is 0 Å². The summed E-state index contributed by atoms with van der Waals surface area (Å²) in [6.07, 6.45) is 1.23. The smallest absolute Gasteiger partial charge is 0.399 e. The number of anilines is 2. The lowest BCUT2D eigenvalue weighted by atomic mass is 9.77. The Morgan fingerprint density at radius 3 is 2.11 bits per heavy atom. The van der Waals surface area contributed by atoms with Crippen molar-refractivity contribution in [2.75, 3.05) is 11.6 Å². The number of benzene rings is 2. The van der Waals surface area contributed by atoms with Gasteiger partial charge in [-0.3, -0.25) is 0 Å². The van der Waals surface area contributed by atoms with E-state index in [-0.39, 0.29) is 5.75 Å². The van der Waals surface area contributed by atoms with Crippen molar-refractivity contribution in [3.8, 4) is 0 Å². The topological polar surface area (TPSA) is 64.6 Å². The van der Waals surface area contributed by atoms with Crippen molar-refractivity contribution in [3.05, 3.63) is 54.1 Å². The first-order valence-corrected chi connectivity index (χ1v) is 11.0. The fourth-order valence-corrected chi connectivity index (χ4v) is 3.75. The van der Waals surface area contributed by atoms with Crippen molar-refractivity contribution < 1.29 is 17.7 Å². The van der Waals surface area contributed by atoms with Gasteiger partial charge in [0.25, 0.3) is 0 Å². The Labute approximate surface area is 162 Å². The molecule has 27 heavy (non-hydrogen) atoms. The number of sulfone groups is 1. The highest BCUT2D eigenvalue weighted by molar-refractivity contribution is 7.89. The third-order valence-corrected chi connectivity index (χ3v) is 5.96. The molecule has 2 aromatic carbocycles. The summed E-state index contributed by atoms with van der Waals surface area (Å²) in [5.74, 6) is -0.0227. The van der Waals surface area contributed by atoms with E-state index < -0.39 is 28.2 Å². The van der Waals surface area contributed by atoms with Gasteiger partial charge >= 0.3 is 7.12 Å². The zero-order valence-electron chi connectivity index (χ0n) is 16.4. The van der Waals surface area contributed by atoms with Crippen molar-refractivity contribution in [1.82, 2.24) is 0 Å². The molecular formula is C20H26BNO4S. The third-order valence-electron chi connectivity index (χ3n) is 5.10. The number of nitrogens with one attached hydrogen (secondary N) is 1. The van der Waals surface area contributed by atoms with Crippen LogP contribution in [0.4, 0.5) is 11.4 Å². The summed E-state index contributed by atoms with van der Waals surface area (Å²) >= 11 is 0. The molecule has 3 rings (SSSR count). The second kappa shape index (κ2) is 6.97. The highest BCUT2D eigenvalue weighted by atomic mass is 32.2. The molecule has 1 aliphatic rings. The van der Waals surface area contributed by atoms with Gasteiger partial charge in [-0.05, 0) is 51.5 Å². The second-order valence-corrected chi connectivity index (χ2v) is 10.2. The molecule has 0 bridgehead atoms. The van der Waals surface area contributed by atoms with E-state index in [2.05, 4.69) is 5.32 Å². The molecule has 1 heterocycles. The molecule has 0 spiro atoms. The van der Waals surface area contributed by atoms with Crippen LogP contribution < -0.4 is 10.8 Å². The first-order valence-electron chi connectivity index (χ1n) is 8.95. The summed E-state index contributed by atoms with van der Waals surface area (Å²) < 4.78 is 35.9. The van der Waals surface area contributed by atoms with Gasteiger partial charge in [0.05, 0.1) is 17.0 Å². The molecule has 2 aromatic rings. The Balaban J connectivity index is 2.01. The van der Waals surface area contributed by atoms with E-state index in [0.29, 0.717) is 5.56 Å². The van der Waals surface area contributed by atoms with Crippen molar-refractivity contribution in [2.24, 2.45) is 0 Å². The quantitative estimate of drug-likeness (QED) is 0.798. The van der Waals surface area contributed by atoms with Gasteiger partial charge in [-0.25, -0.2) is 8.42 Å². The number of para-hydroxylation sites is 1. The summed E-state index contributed by atoms with van der Waals surface area (Å²) in [5, 5.41) is 3.38. The number of hydrogen-bond donors (Lipinski definition) is 1. The predicted molar refractivity (Wildman–Crippen MR) is 110 cm³/mol. The minimum atomic E-state index is -3.14. The molecule has 0 atom stereocenters. The van der Waals surface area contributed by atoms with Crippen LogP contribution >= 0.6 is 0 Å². The van der Waals surface area contributed by atoms with E-state index in [0.717, 1.165) is 16.8 Å². The van der Waals surface area contributed by atoms with Crippen LogP contribution in [-0.2, 0) is 24.9 Å². The Kier molecular flexibility index (Phi) is 5.14. The third kappa shape index (κ3) is 4.54. The highest BCUT2D eigenvalue weighted by Crippen LogP contribution is 2.37. The lowest BCUT2D eigenvalue weighted by Crippen LogP contribution is -2.41. The molecule has 0 aromatic heterocycles. The molecule has 1 saturated heterocycles. The molecule has 7 heteroatoms. The van der Waals surface area contributed by atoms with E-state index >= 15 is 0 Å². The average Bonchev–Trinajstić information content (AvgIpc) is 2.76. The SMILES string of the molecule is CC1(C)OB(c2cc(CS(C)(=O)=O)ccc2Nc2ccccc2)OC1(C)C. The maximum Gasteiger partial charge on any atom is 0.496 e. The van der Waals surface area contributed by atoms with E-state index in [4.69, 9.17) is 9.31 Å². The van der Waals surface area contributed by atoms with Crippen LogP contribution in [-0.4, -0.2) is 33.0 Å². The van der Waals surface area contributed by atoms with Gasteiger partial charge < -0.3 is 14.6 Å². The van der Waals surface area contributed by atoms with Crippen LogP contribution in [0.1, 0.15) is 33.3 Å². The first kappa shape index (κ1) is 19.9. The summed E-state index contributed by atoms with van der Waals surface area (Å²) in [6.45, 7) is 7.99. The van der Waals surface area contributed by atoms with Gasteiger partial charge in [-0.1, -0.05) is 30.3 Å². The molecule has 0 unspecified atom stereocenters. The zero-order valence-corrected chi connectivity index (χ0v) is 17.3. The number of rotatable bonds is 5. The molecule has 1 N–H and O–H groups in total. The van der Waals surface area contributed by atoms with Crippen molar-refractivity contribution in [3.63, 3.8) is 0 Å². The maximum atomic E-state index is 11.7. The van der Waals surface area contributed by atoms with Crippen LogP contribution in [0.2, 0.25) is 0 Å². The summed E-state index contributed by atoms with van der Waals surface area (Å²) in [5.41, 5.74) is 2.31. The van der Waals surface area contributed by atoms with Gasteiger partial charge in [0.1, 0.15) is 0 Å². The van der Waals surface area contributed by atoms with Gasteiger partial charge in [0, 0.05) is 23.1 Å². The molecular weight excluding hydrogens is 361 g/mol. The Morgan fingerprint density at radius 1 is 0.963 bits per heavy atom. The van der Waals surface area contributed by atoms with Gasteiger partial charge in [-0.2, -0.15) is 0 Å². The van der Waals surface area contributed by atoms with E-state index in [9.17, 15) is 8.42 Å². The van der Waals surface area contributed by atoms with Gasteiger partial charge in [0.2, 0.25) is 0 Å². The van der Waals surface area contributed by atoms with Crippen LogP contribution in [0, 0.1) is 0 Å². The first-order chi connectivity index (χ1) is 12.5. The highest BCUT2D eigenvalue weighted by Gasteiger charge is 2.52. The van der Waals surface area contributed by atoms with Crippen LogP contribution in [0.25, 0.3) is 0 Å². The summed E-state index contributed by atoms with van der Waals surface area (Å²) in [4.78, 5) is 0. The minimum absolute atomic E-state index is 0.0227. The molecule has 0 amide bonds. The van der Waals surface area contributed by atoms with Crippen LogP contribution in [0.3, 0.4) is 0 Å².